The lowest BCUT2D eigenvalue weighted by molar-refractivity contribution is -0.137. The van der Waals surface area contributed by atoms with Crippen molar-refractivity contribution in [2.24, 2.45) is 5.92 Å². The number of rotatable bonds is 2. The van der Waals surface area contributed by atoms with Crippen LogP contribution in [0.15, 0.2) is 24.3 Å². The fourth-order valence-electron chi connectivity index (χ4n) is 2.64. The Morgan fingerprint density at radius 2 is 1.95 bits per heavy atom. The van der Waals surface area contributed by atoms with E-state index in [2.05, 4.69) is 17.6 Å². The van der Waals surface area contributed by atoms with E-state index in [4.69, 9.17) is 12.2 Å². The predicted molar refractivity (Wildman–Crippen MR) is 82.2 cm³/mol. The zero-order chi connectivity index (χ0) is 15.5. The highest BCUT2D eigenvalue weighted by Gasteiger charge is 2.30. The Bertz CT molecular complexity index is 502. The molecule has 21 heavy (non-hydrogen) atoms. The van der Waals surface area contributed by atoms with E-state index in [1.54, 1.807) is 6.07 Å². The number of hydrogen-bond donors (Lipinski definition) is 2. The van der Waals surface area contributed by atoms with Crippen molar-refractivity contribution in [3.63, 3.8) is 0 Å². The molecule has 1 aliphatic rings. The average molecular weight is 316 g/mol. The zero-order valence-corrected chi connectivity index (χ0v) is 12.7. The van der Waals surface area contributed by atoms with E-state index >= 15 is 0 Å². The van der Waals surface area contributed by atoms with Crippen molar-refractivity contribution in [1.82, 2.24) is 5.32 Å². The fraction of sp³-hybridized carbons (Fsp3) is 0.533. The molecule has 0 saturated heterocycles. The Balaban J connectivity index is 1.96. The summed E-state index contributed by atoms with van der Waals surface area (Å²) in [7, 11) is 0. The highest BCUT2D eigenvalue weighted by molar-refractivity contribution is 7.80. The Labute approximate surface area is 128 Å². The third-order valence-corrected chi connectivity index (χ3v) is 4.10. The monoisotopic (exact) mass is 316 g/mol. The van der Waals surface area contributed by atoms with Gasteiger partial charge < -0.3 is 10.6 Å². The van der Waals surface area contributed by atoms with Crippen LogP contribution in [0.3, 0.4) is 0 Å². The number of hydrogen-bond acceptors (Lipinski definition) is 1. The van der Waals surface area contributed by atoms with Gasteiger partial charge in [0.1, 0.15) is 0 Å². The van der Waals surface area contributed by atoms with E-state index in [0.29, 0.717) is 22.8 Å². The van der Waals surface area contributed by atoms with Crippen molar-refractivity contribution >= 4 is 23.0 Å². The van der Waals surface area contributed by atoms with E-state index < -0.39 is 11.7 Å². The highest BCUT2D eigenvalue weighted by atomic mass is 32.1. The van der Waals surface area contributed by atoms with Gasteiger partial charge in [0, 0.05) is 11.7 Å². The molecule has 0 aromatic heterocycles. The molecule has 0 aliphatic heterocycles. The molecule has 1 aromatic carbocycles. The highest BCUT2D eigenvalue weighted by Crippen LogP contribution is 2.30. The van der Waals surface area contributed by atoms with E-state index in [0.717, 1.165) is 31.4 Å². The summed E-state index contributed by atoms with van der Waals surface area (Å²) in [5, 5.41) is 6.44. The number of benzene rings is 1. The van der Waals surface area contributed by atoms with Crippen molar-refractivity contribution in [3.8, 4) is 0 Å². The Hall–Kier alpha value is -1.30. The standard InChI is InChI=1S/C15H19F3N2S/c1-10-5-2-3-8-13(10)20-14(21)19-12-7-4-6-11(9-12)15(16,17)18/h4,6-7,9-10,13H,2-3,5,8H2,1H3,(H2,19,20,21). The third kappa shape index (κ3) is 4.59. The first kappa shape index (κ1) is 16.1. The molecule has 1 saturated carbocycles. The smallest absolute Gasteiger partial charge is 0.359 e. The van der Waals surface area contributed by atoms with Crippen molar-refractivity contribution in [3.05, 3.63) is 29.8 Å². The minimum Gasteiger partial charge on any atom is -0.359 e. The Morgan fingerprint density at radius 3 is 2.62 bits per heavy atom. The molecular weight excluding hydrogens is 297 g/mol. The van der Waals surface area contributed by atoms with Gasteiger partial charge in [-0.1, -0.05) is 25.8 Å². The molecule has 1 aromatic rings. The van der Waals surface area contributed by atoms with Crippen molar-refractivity contribution < 1.29 is 13.2 Å². The molecule has 2 N–H and O–H groups in total. The van der Waals surface area contributed by atoms with Gasteiger partial charge in [0.25, 0.3) is 0 Å². The summed E-state index contributed by atoms with van der Waals surface area (Å²) in [6, 6.07) is 5.36. The van der Waals surface area contributed by atoms with Gasteiger partial charge in [0.2, 0.25) is 0 Å². The summed E-state index contributed by atoms with van der Waals surface area (Å²) in [6.45, 7) is 2.17. The quantitative estimate of drug-likeness (QED) is 0.782. The number of thiocarbonyl (C=S) groups is 1. The number of halogens is 3. The van der Waals surface area contributed by atoms with Gasteiger partial charge >= 0.3 is 6.18 Å². The summed E-state index contributed by atoms with van der Waals surface area (Å²) in [5.74, 6) is 0.528. The molecule has 2 rings (SSSR count). The van der Waals surface area contributed by atoms with Crippen LogP contribution in [0.4, 0.5) is 18.9 Å². The molecule has 2 nitrogen and oxygen atoms in total. The van der Waals surface area contributed by atoms with Crippen molar-refractivity contribution in [1.29, 1.82) is 0 Å². The lowest BCUT2D eigenvalue weighted by Crippen LogP contribution is -2.43. The van der Waals surface area contributed by atoms with Crippen LogP contribution in [-0.4, -0.2) is 11.2 Å². The molecule has 1 fully saturated rings. The maximum Gasteiger partial charge on any atom is 0.416 e. The molecule has 0 spiro atoms. The lowest BCUT2D eigenvalue weighted by Gasteiger charge is -2.30. The normalized spacial score (nSPS) is 22.7. The van der Waals surface area contributed by atoms with Gasteiger partial charge in [-0.2, -0.15) is 13.2 Å². The minimum atomic E-state index is -4.34. The van der Waals surface area contributed by atoms with E-state index in [1.807, 2.05) is 0 Å². The van der Waals surface area contributed by atoms with Crippen molar-refractivity contribution in [2.45, 2.75) is 44.8 Å². The van der Waals surface area contributed by atoms with Crippen molar-refractivity contribution in [2.75, 3.05) is 5.32 Å². The summed E-state index contributed by atoms with van der Waals surface area (Å²) in [5.41, 5.74) is -0.327. The van der Waals surface area contributed by atoms with Crippen LogP contribution < -0.4 is 10.6 Å². The molecule has 0 bridgehead atoms. The molecule has 0 amide bonds. The minimum absolute atomic E-state index is 0.296. The Kier molecular flexibility index (Phi) is 5.08. The predicted octanol–water partition coefficient (Wildman–Crippen LogP) is 4.57. The van der Waals surface area contributed by atoms with Crippen LogP contribution in [0.5, 0.6) is 0 Å². The molecule has 2 unspecified atom stereocenters. The fourth-order valence-corrected chi connectivity index (χ4v) is 2.91. The lowest BCUT2D eigenvalue weighted by atomic mass is 9.86. The maximum absolute atomic E-state index is 12.7. The second kappa shape index (κ2) is 6.64. The summed E-state index contributed by atoms with van der Waals surface area (Å²) < 4.78 is 38.0. The SMILES string of the molecule is CC1CCCCC1NC(=S)Nc1cccc(C(F)(F)F)c1. The third-order valence-electron chi connectivity index (χ3n) is 3.88. The second-order valence-corrected chi connectivity index (χ2v) is 5.95. The summed E-state index contributed by atoms with van der Waals surface area (Å²) in [4.78, 5) is 0. The van der Waals surface area contributed by atoms with Crippen LogP contribution in [0.25, 0.3) is 0 Å². The molecular formula is C15H19F3N2S. The first-order valence-electron chi connectivity index (χ1n) is 7.11. The summed E-state index contributed by atoms with van der Waals surface area (Å²) in [6.07, 6.45) is 0.251. The molecule has 6 heteroatoms. The zero-order valence-electron chi connectivity index (χ0n) is 11.8. The first-order chi connectivity index (χ1) is 9.86. The number of nitrogens with one attached hydrogen (secondary N) is 2. The van der Waals surface area contributed by atoms with Gasteiger partial charge in [-0.3, -0.25) is 0 Å². The van der Waals surface area contributed by atoms with Gasteiger partial charge in [0.15, 0.2) is 5.11 Å². The molecule has 116 valence electrons. The molecule has 0 radical (unpaired) electrons. The van der Waals surface area contributed by atoms with Crippen LogP contribution in [-0.2, 0) is 6.18 Å². The second-order valence-electron chi connectivity index (χ2n) is 5.55. The van der Waals surface area contributed by atoms with E-state index in [9.17, 15) is 13.2 Å². The number of alkyl halides is 3. The first-order valence-corrected chi connectivity index (χ1v) is 7.52. The number of anilines is 1. The average Bonchev–Trinajstić information content (AvgIpc) is 2.41. The Morgan fingerprint density at radius 1 is 1.24 bits per heavy atom. The molecule has 2 atom stereocenters. The molecule has 0 heterocycles. The van der Waals surface area contributed by atoms with Gasteiger partial charge in [-0.05, 0) is 49.2 Å². The molecule has 1 aliphatic carbocycles. The van der Waals surface area contributed by atoms with Crippen LogP contribution >= 0.6 is 12.2 Å². The van der Waals surface area contributed by atoms with Gasteiger partial charge in [-0.15, -0.1) is 0 Å². The van der Waals surface area contributed by atoms with Gasteiger partial charge in [0.05, 0.1) is 5.56 Å². The van der Waals surface area contributed by atoms with E-state index in [-0.39, 0.29) is 0 Å². The van der Waals surface area contributed by atoms with E-state index in [1.165, 1.54) is 12.5 Å². The largest absolute Gasteiger partial charge is 0.416 e. The maximum atomic E-state index is 12.7. The topological polar surface area (TPSA) is 24.1 Å². The van der Waals surface area contributed by atoms with Gasteiger partial charge in [-0.25, -0.2) is 0 Å². The van der Waals surface area contributed by atoms with Crippen LogP contribution in [0.1, 0.15) is 38.2 Å². The van der Waals surface area contributed by atoms with Crippen LogP contribution in [0.2, 0.25) is 0 Å². The summed E-state index contributed by atoms with van der Waals surface area (Å²) >= 11 is 5.20. The van der Waals surface area contributed by atoms with Crippen LogP contribution in [0, 0.1) is 5.92 Å².